The van der Waals surface area contributed by atoms with Gasteiger partial charge < -0.3 is 19.9 Å². The minimum atomic E-state index is -0.333. The first-order valence-corrected chi connectivity index (χ1v) is 9.81. The quantitative estimate of drug-likeness (QED) is 0.506. The molecule has 0 bridgehead atoms. The summed E-state index contributed by atoms with van der Waals surface area (Å²) in [5, 5.41) is 10.3. The predicted octanol–water partition coefficient (Wildman–Crippen LogP) is 3.16. The van der Waals surface area contributed by atoms with Crippen molar-refractivity contribution in [1.82, 2.24) is 20.8 Å². The molecule has 1 aromatic heterocycles. The van der Waals surface area contributed by atoms with E-state index in [1.54, 1.807) is 13.0 Å². The molecule has 1 atom stereocenters. The Bertz CT molecular complexity index is 804. The van der Waals surface area contributed by atoms with Crippen LogP contribution in [0, 0.1) is 18.7 Å². The van der Waals surface area contributed by atoms with E-state index in [-0.39, 0.29) is 11.9 Å². The van der Waals surface area contributed by atoms with Crippen molar-refractivity contribution in [3.8, 4) is 5.75 Å². The molecule has 1 saturated carbocycles. The second-order valence-electron chi connectivity index (χ2n) is 7.06. The average molecular weight is 389 g/mol. The van der Waals surface area contributed by atoms with E-state index in [1.165, 1.54) is 18.9 Å². The van der Waals surface area contributed by atoms with Gasteiger partial charge in [0, 0.05) is 13.0 Å². The summed E-state index contributed by atoms with van der Waals surface area (Å²) in [6.07, 6.45) is 2.92. The van der Waals surface area contributed by atoms with Gasteiger partial charge in [0.1, 0.15) is 0 Å². The number of aliphatic imine (C=N–C) groups is 1. The fourth-order valence-electron chi connectivity index (χ4n) is 2.71. The van der Waals surface area contributed by atoms with Gasteiger partial charge in [0.05, 0.1) is 19.2 Å². The molecule has 2 N–H and O–H groups in total. The van der Waals surface area contributed by atoms with Crippen LogP contribution < -0.4 is 15.4 Å². The number of rotatable bonds is 9. The number of guanidine groups is 1. The van der Waals surface area contributed by atoms with E-state index < -0.39 is 0 Å². The highest BCUT2D eigenvalue weighted by Gasteiger charge is 2.22. The summed E-state index contributed by atoms with van der Waals surface area (Å²) in [4.78, 5) is 8.70. The predicted molar refractivity (Wildman–Crippen MR) is 105 cm³/mol. The van der Waals surface area contributed by atoms with Gasteiger partial charge in [-0.2, -0.15) is 4.98 Å². The van der Waals surface area contributed by atoms with Crippen LogP contribution in [0.2, 0.25) is 0 Å². The summed E-state index contributed by atoms with van der Waals surface area (Å²) in [6, 6.07) is 4.99. The standard InChI is InChI=1S/C20H28FN5O2/c1-4-22-20(23-10-9-19-25-14(3)26-28-19)24-13(2)16-7-8-18(17(21)11-16)27-12-15-5-6-15/h7-8,11,13,15H,4-6,9-10,12H2,1-3H3,(H2,22,23,24). The Labute approximate surface area is 164 Å². The van der Waals surface area contributed by atoms with Gasteiger partial charge in [-0.25, -0.2) is 4.39 Å². The highest BCUT2D eigenvalue weighted by Crippen LogP contribution is 2.30. The van der Waals surface area contributed by atoms with Gasteiger partial charge in [-0.1, -0.05) is 11.2 Å². The number of benzene rings is 1. The first-order chi connectivity index (χ1) is 13.5. The molecular formula is C20H28FN5O2. The third-order valence-electron chi connectivity index (χ3n) is 4.49. The number of hydrogen-bond donors (Lipinski definition) is 2. The maximum absolute atomic E-state index is 14.3. The van der Waals surface area contributed by atoms with Crippen LogP contribution in [0.25, 0.3) is 0 Å². The number of halogens is 1. The number of ether oxygens (including phenoxy) is 1. The van der Waals surface area contributed by atoms with Crippen molar-refractivity contribution >= 4 is 5.96 Å². The molecule has 152 valence electrons. The van der Waals surface area contributed by atoms with E-state index in [2.05, 4.69) is 25.8 Å². The number of aryl methyl sites for hydroxylation is 1. The zero-order valence-electron chi connectivity index (χ0n) is 16.7. The molecule has 0 radical (unpaired) electrons. The van der Waals surface area contributed by atoms with Crippen molar-refractivity contribution in [1.29, 1.82) is 0 Å². The van der Waals surface area contributed by atoms with Crippen LogP contribution in [-0.2, 0) is 6.42 Å². The zero-order valence-corrected chi connectivity index (χ0v) is 16.7. The number of aromatic nitrogens is 2. The lowest BCUT2D eigenvalue weighted by Crippen LogP contribution is -2.38. The van der Waals surface area contributed by atoms with E-state index >= 15 is 0 Å². The summed E-state index contributed by atoms with van der Waals surface area (Å²) in [7, 11) is 0. The molecular weight excluding hydrogens is 361 g/mol. The third kappa shape index (κ3) is 5.94. The molecule has 3 rings (SSSR count). The number of hydrogen-bond acceptors (Lipinski definition) is 5. The highest BCUT2D eigenvalue weighted by atomic mass is 19.1. The molecule has 7 nitrogen and oxygen atoms in total. The van der Waals surface area contributed by atoms with E-state index in [0.717, 1.165) is 12.1 Å². The summed E-state index contributed by atoms with van der Waals surface area (Å²) >= 11 is 0. The Balaban J connectivity index is 1.56. The third-order valence-corrected chi connectivity index (χ3v) is 4.49. The maximum Gasteiger partial charge on any atom is 0.228 e. The molecule has 28 heavy (non-hydrogen) atoms. The molecule has 0 amide bonds. The van der Waals surface area contributed by atoms with Gasteiger partial charge in [-0.05, 0) is 57.2 Å². The SMILES string of the molecule is CCNC(=NCCc1nc(C)no1)NC(C)c1ccc(OCC2CC2)c(F)c1. The second kappa shape index (κ2) is 9.52. The van der Waals surface area contributed by atoms with E-state index in [9.17, 15) is 4.39 Å². The first kappa shape index (κ1) is 20.1. The van der Waals surface area contributed by atoms with Crippen molar-refractivity contribution in [2.45, 2.75) is 46.1 Å². The van der Waals surface area contributed by atoms with Crippen molar-refractivity contribution in [2.24, 2.45) is 10.9 Å². The Morgan fingerprint density at radius 3 is 2.89 bits per heavy atom. The number of nitrogens with zero attached hydrogens (tertiary/aromatic N) is 3. The molecule has 1 unspecified atom stereocenters. The van der Waals surface area contributed by atoms with Crippen LogP contribution in [0.15, 0.2) is 27.7 Å². The lowest BCUT2D eigenvalue weighted by molar-refractivity contribution is 0.285. The smallest absolute Gasteiger partial charge is 0.228 e. The summed E-state index contributed by atoms with van der Waals surface area (Å²) in [5.74, 6) is 2.41. The van der Waals surface area contributed by atoms with Gasteiger partial charge in [0.15, 0.2) is 23.4 Å². The summed E-state index contributed by atoms with van der Waals surface area (Å²) in [6.45, 7) is 7.57. The second-order valence-corrected chi connectivity index (χ2v) is 7.06. The van der Waals surface area contributed by atoms with Crippen molar-refractivity contribution < 1.29 is 13.7 Å². The van der Waals surface area contributed by atoms with E-state index in [0.29, 0.717) is 48.9 Å². The molecule has 1 fully saturated rings. The van der Waals surface area contributed by atoms with Gasteiger partial charge >= 0.3 is 0 Å². The summed E-state index contributed by atoms with van der Waals surface area (Å²) < 4.78 is 25.0. The van der Waals surface area contributed by atoms with Crippen LogP contribution in [0.1, 0.15) is 50.0 Å². The topological polar surface area (TPSA) is 84.6 Å². The molecule has 1 heterocycles. The fourth-order valence-corrected chi connectivity index (χ4v) is 2.71. The highest BCUT2D eigenvalue weighted by molar-refractivity contribution is 5.80. The largest absolute Gasteiger partial charge is 0.490 e. The van der Waals surface area contributed by atoms with Crippen molar-refractivity contribution in [3.63, 3.8) is 0 Å². The van der Waals surface area contributed by atoms with Crippen LogP contribution >= 0.6 is 0 Å². The zero-order chi connectivity index (χ0) is 19.9. The molecule has 1 aliphatic rings. The minimum absolute atomic E-state index is 0.115. The van der Waals surface area contributed by atoms with Crippen molar-refractivity contribution in [3.05, 3.63) is 41.3 Å². The van der Waals surface area contributed by atoms with Gasteiger partial charge in [-0.15, -0.1) is 0 Å². The Hall–Kier alpha value is -2.64. The minimum Gasteiger partial charge on any atom is -0.490 e. The van der Waals surface area contributed by atoms with Crippen LogP contribution in [-0.4, -0.2) is 35.8 Å². The monoisotopic (exact) mass is 389 g/mol. The number of nitrogens with one attached hydrogen (secondary N) is 2. The first-order valence-electron chi connectivity index (χ1n) is 9.81. The average Bonchev–Trinajstić information content (AvgIpc) is 3.41. The molecule has 8 heteroatoms. The van der Waals surface area contributed by atoms with Gasteiger partial charge in [0.2, 0.25) is 5.89 Å². The van der Waals surface area contributed by atoms with Gasteiger partial charge in [-0.3, -0.25) is 4.99 Å². The normalized spacial score (nSPS) is 15.4. The molecule has 1 aliphatic carbocycles. The molecule has 2 aromatic rings. The lowest BCUT2D eigenvalue weighted by Gasteiger charge is -2.19. The Morgan fingerprint density at radius 1 is 1.43 bits per heavy atom. The molecule has 0 saturated heterocycles. The van der Waals surface area contributed by atoms with Crippen LogP contribution in [0.4, 0.5) is 4.39 Å². The maximum atomic E-state index is 14.3. The molecule has 0 aliphatic heterocycles. The lowest BCUT2D eigenvalue weighted by atomic mass is 10.1. The van der Waals surface area contributed by atoms with Gasteiger partial charge in [0.25, 0.3) is 0 Å². The fraction of sp³-hybridized carbons (Fsp3) is 0.550. The van der Waals surface area contributed by atoms with E-state index in [4.69, 9.17) is 9.26 Å². The molecule has 0 spiro atoms. The Morgan fingerprint density at radius 2 is 2.25 bits per heavy atom. The van der Waals surface area contributed by atoms with E-state index in [1.807, 2.05) is 19.9 Å². The summed E-state index contributed by atoms with van der Waals surface area (Å²) in [5.41, 5.74) is 0.828. The Kier molecular flexibility index (Phi) is 6.84. The van der Waals surface area contributed by atoms with Crippen LogP contribution in [0.5, 0.6) is 5.75 Å². The molecule has 1 aromatic carbocycles. The van der Waals surface area contributed by atoms with Crippen LogP contribution in [0.3, 0.4) is 0 Å². The van der Waals surface area contributed by atoms with Crippen molar-refractivity contribution in [2.75, 3.05) is 19.7 Å².